The smallest absolute Gasteiger partial charge is 0.224 e. The molecule has 0 aliphatic heterocycles. The van der Waals surface area contributed by atoms with Gasteiger partial charge in [0.05, 0.1) is 18.9 Å². The average molecular weight is 329 g/mol. The zero-order valence-corrected chi connectivity index (χ0v) is 14.0. The highest BCUT2D eigenvalue weighted by Gasteiger charge is 2.07. The third-order valence-electron chi connectivity index (χ3n) is 3.38. The van der Waals surface area contributed by atoms with Crippen molar-refractivity contribution in [3.8, 4) is 17.2 Å². The Labute approximate surface area is 142 Å². The van der Waals surface area contributed by atoms with Crippen LogP contribution in [0.3, 0.4) is 0 Å². The van der Waals surface area contributed by atoms with E-state index in [0.29, 0.717) is 43.2 Å². The van der Waals surface area contributed by atoms with Gasteiger partial charge in [-0.1, -0.05) is 18.2 Å². The first-order valence-corrected chi connectivity index (χ1v) is 8.04. The Morgan fingerprint density at radius 1 is 1.12 bits per heavy atom. The number of ether oxygens (including phenoxy) is 2. The predicted octanol–water partition coefficient (Wildman–Crippen LogP) is 3.90. The van der Waals surface area contributed by atoms with E-state index in [2.05, 4.69) is 5.32 Å². The van der Waals surface area contributed by atoms with Crippen molar-refractivity contribution in [1.82, 2.24) is 0 Å². The number of amides is 1. The first-order chi connectivity index (χ1) is 11.6. The Hall–Kier alpha value is -2.69. The van der Waals surface area contributed by atoms with E-state index in [0.717, 1.165) is 5.56 Å². The van der Waals surface area contributed by atoms with Crippen molar-refractivity contribution in [2.24, 2.45) is 0 Å². The molecule has 0 heterocycles. The SMILES string of the molecule is CCOc1ccccc1OCCCC(=O)Nc1ccc(C)cc1O. The lowest BCUT2D eigenvalue weighted by atomic mass is 10.2. The van der Waals surface area contributed by atoms with Gasteiger partial charge in [-0.2, -0.15) is 0 Å². The summed E-state index contributed by atoms with van der Waals surface area (Å²) in [6.07, 6.45) is 0.878. The van der Waals surface area contributed by atoms with Crippen LogP contribution in [-0.2, 0) is 4.79 Å². The fraction of sp³-hybridized carbons (Fsp3) is 0.316. The summed E-state index contributed by atoms with van der Waals surface area (Å²) in [5.74, 6) is 1.30. The summed E-state index contributed by atoms with van der Waals surface area (Å²) in [5.41, 5.74) is 1.36. The third-order valence-corrected chi connectivity index (χ3v) is 3.38. The minimum atomic E-state index is -0.157. The van der Waals surface area contributed by atoms with E-state index in [1.165, 1.54) is 0 Å². The molecule has 1 amide bonds. The second kappa shape index (κ2) is 8.82. The fourth-order valence-corrected chi connectivity index (χ4v) is 2.22. The first-order valence-electron chi connectivity index (χ1n) is 8.04. The molecule has 2 aromatic rings. The Kier molecular flexibility index (Phi) is 6.49. The average Bonchev–Trinajstić information content (AvgIpc) is 2.56. The van der Waals surface area contributed by atoms with E-state index in [1.54, 1.807) is 12.1 Å². The number of hydrogen-bond acceptors (Lipinski definition) is 4. The van der Waals surface area contributed by atoms with Crippen LogP contribution in [0.4, 0.5) is 5.69 Å². The van der Waals surface area contributed by atoms with Crippen LogP contribution in [0.15, 0.2) is 42.5 Å². The molecule has 2 aromatic carbocycles. The van der Waals surface area contributed by atoms with Crippen LogP contribution in [-0.4, -0.2) is 24.2 Å². The minimum Gasteiger partial charge on any atom is -0.506 e. The van der Waals surface area contributed by atoms with Crippen molar-refractivity contribution in [3.05, 3.63) is 48.0 Å². The lowest BCUT2D eigenvalue weighted by Crippen LogP contribution is -2.13. The second-order valence-electron chi connectivity index (χ2n) is 5.40. The first kappa shape index (κ1) is 17.7. The summed E-state index contributed by atoms with van der Waals surface area (Å²) in [6, 6.07) is 12.6. The van der Waals surface area contributed by atoms with E-state index in [4.69, 9.17) is 9.47 Å². The van der Waals surface area contributed by atoms with Crippen molar-refractivity contribution in [2.75, 3.05) is 18.5 Å². The van der Waals surface area contributed by atoms with Crippen LogP contribution in [0.5, 0.6) is 17.2 Å². The molecule has 0 aliphatic carbocycles. The molecule has 0 saturated heterocycles. The van der Waals surface area contributed by atoms with Gasteiger partial charge in [0, 0.05) is 6.42 Å². The molecule has 0 fully saturated rings. The van der Waals surface area contributed by atoms with Gasteiger partial charge in [-0.25, -0.2) is 0 Å². The van der Waals surface area contributed by atoms with Gasteiger partial charge >= 0.3 is 0 Å². The third kappa shape index (κ3) is 5.19. The Morgan fingerprint density at radius 2 is 1.83 bits per heavy atom. The standard InChI is InChI=1S/C19H23NO4/c1-3-23-17-7-4-5-8-18(17)24-12-6-9-19(22)20-15-11-10-14(2)13-16(15)21/h4-5,7-8,10-11,13,21H,3,6,9,12H2,1-2H3,(H,20,22). The molecule has 0 saturated carbocycles. The van der Waals surface area contributed by atoms with Crippen molar-refractivity contribution < 1.29 is 19.4 Å². The van der Waals surface area contributed by atoms with E-state index >= 15 is 0 Å². The topological polar surface area (TPSA) is 67.8 Å². The largest absolute Gasteiger partial charge is 0.506 e. The van der Waals surface area contributed by atoms with Gasteiger partial charge in [0.1, 0.15) is 5.75 Å². The molecular formula is C19H23NO4. The van der Waals surface area contributed by atoms with Crippen LogP contribution in [0.25, 0.3) is 0 Å². The number of para-hydroxylation sites is 2. The Balaban J connectivity index is 1.77. The van der Waals surface area contributed by atoms with Gasteiger partial charge in [-0.15, -0.1) is 0 Å². The highest BCUT2D eigenvalue weighted by molar-refractivity contribution is 5.92. The molecule has 2 N–H and O–H groups in total. The number of benzene rings is 2. The number of nitrogens with one attached hydrogen (secondary N) is 1. The number of carbonyl (C=O) groups is 1. The monoisotopic (exact) mass is 329 g/mol. The maximum atomic E-state index is 11.9. The summed E-state index contributed by atoms with van der Waals surface area (Å²) in [5, 5.41) is 12.5. The molecule has 0 unspecified atom stereocenters. The molecule has 0 aliphatic rings. The van der Waals surface area contributed by atoms with Crippen molar-refractivity contribution in [3.63, 3.8) is 0 Å². The van der Waals surface area contributed by atoms with E-state index < -0.39 is 0 Å². The normalized spacial score (nSPS) is 10.2. The minimum absolute atomic E-state index is 0.0743. The van der Waals surface area contributed by atoms with Crippen LogP contribution in [0, 0.1) is 6.92 Å². The summed E-state index contributed by atoms with van der Waals surface area (Å²) < 4.78 is 11.2. The molecule has 0 atom stereocenters. The van der Waals surface area contributed by atoms with Gasteiger partial charge in [0.25, 0.3) is 0 Å². The predicted molar refractivity (Wildman–Crippen MR) is 93.8 cm³/mol. The zero-order chi connectivity index (χ0) is 17.4. The number of anilines is 1. The van der Waals surface area contributed by atoms with Crippen LogP contribution >= 0.6 is 0 Å². The number of aromatic hydroxyl groups is 1. The molecule has 128 valence electrons. The molecule has 0 spiro atoms. The van der Waals surface area contributed by atoms with Gasteiger partial charge in [-0.05, 0) is 50.1 Å². The van der Waals surface area contributed by atoms with Gasteiger partial charge < -0.3 is 19.9 Å². The lowest BCUT2D eigenvalue weighted by Gasteiger charge is -2.11. The summed E-state index contributed by atoms with van der Waals surface area (Å²) >= 11 is 0. The number of aryl methyl sites for hydroxylation is 1. The quantitative estimate of drug-likeness (QED) is 0.569. The van der Waals surface area contributed by atoms with Crippen LogP contribution in [0.1, 0.15) is 25.3 Å². The van der Waals surface area contributed by atoms with Crippen LogP contribution in [0.2, 0.25) is 0 Å². The number of hydrogen-bond donors (Lipinski definition) is 2. The molecule has 2 rings (SSSR count). The summed E-state index contributed by atoms with van der Waals surface area (Å²) in [7, 11) is 0. The highest BCUT2D eigenvalue weighted by atomic mass is 16.5. The van der Waals surface area contributed by atoms with Crippen molar-refractivity contribution in [2.45, 2.75) is 26.7 Å². The molecule has 5 nitrogen and oxygen atoms in total. The molecule has 0 radical (unpaired) electrons. The molecule has 24 heavy (non-hydrogen) atoms. The molecule has 0 bridgehead atoms. The Morgan fingerprint density at radius 3 is 2.50 bits per heavy atom. The van der Waals surface area contributed by atoms with Gasteiger partial charge in [0.2, 0.25) is 5.91 Å². The summed E-state index contributed by atoms with van der Waals surface area (Å²) in [4.78, 5) is 11.9. The van der Waals surface area contributed by atoms with E-state index in [1.807, 2.05) is 44.2 Å². The molecule has 0 aromatic heterocycles. The second-order valence-corrected chi connectivity index (χ2v) is 5.40. The van der Waals surface area contributed by atoms with E-state index in [9.17, 15) is 9.90 Å². The van der Waals surface area contributed by atoms with Gasteiger partial charge in [0.15, 0.2) is 11.5 Å². The zero-order valence-electron chi connectivity index (χ0n) is 14.0. The van der Waals surface area contributed by atoms with Crippen LogP contribution < -0.4 is 14.8 Å². The fourth-order valence-electron chi connectivity index (χ4n) is 2.22. The number of phenols is 1. The molecule has 5 heteroatoms. The number of rotatable bonds is 8. The van der Waals surface area contributed by atoms with Crippen molar-refractivity contribution >= 4 is 11.6 Å². The van der Waals surface area contributed by atoms with E-state index in [-0.39, 0.29) is 11.7 Å². The Bertz CT molecular complexity index is 685. The summed E-state index contributed by atoms with van der Waals surface area (Å²) in [6.45, 7) is 4.78. The number of phenolic OH excluding ortho intramolecular Hbond substituents is 1. The molecular weight excluding hydrogens is 306 g/mol. The maximum absolute atomic E-state index is 11.9. The maximum Gasteiger partial charge on any atom is 0.224 e. The lowest BCUT2D eigenvalue weighted by molar-refractivity contribution is -0.116. The van der Waals surface area contributed by atoms with Crippen molar-refractivity contribution in [1.29, 1.82) is 0 Å². The highest BCUT2D eigenvalue weighted by Crippen LogP contribution is 2.27. The van der Waals surface area contributed by atoms with Gasteiger partial charge in [-0.3, -0.25) is 4.79 Å². The number of carbonyl (C=O) groups excluding carboxylic acids is 1.